The van der Waals surface area contributed by atoms with Crippen molar-refractivity contribution in [2.45, 2.75) is 24.9 Å². The molecule has 0 amide bonds. The van der Waals surface area contributed by atoms with Crippen molar-refractivity contribution in [3.8, 4) is 6.07 Å². The summed E-state index contributed by atoms with van der Waals surface area (Å²) in [4.78, 5) is 0. The summed E-state index contributed by atoms with van der Waals surface area (Å²) in [5.41, 5.74) is 8.27. The van der Waals surface area contributed by atoms with Crippen LogP contribution in [0.2, 0.25) is 5.02 Å². The lowest BCUT2D eigenvalue weighted by molar-refractivity contribution is 0.0724. The maximum absolute atomic E-state index is 11.1. The molecule has 3 N–H and O–H groups in total. The number of nitrogens with zero attached hydrogens (tertiary/aromatic N) is 1. The van der Waals surface area contributed by atoms with Crippen LogP contribution in [0.5, 0.6) is 0 Å². The van der Waals surface area contributed by atoms with E-state index < -0.39 is 5.60 Å². The van der Waals surface area contributed by atoms with Gasteiger partial charge in [-0.15, -0.1) is 0 Å². The van der Waals surface area contributed by atoms with E-state index in [1.54, 1.807) is 12.1 Å². The van der Waals surface area contributed by atoms with Crippen LogP contribution in [0.3, 0.4) is 0 Å². The van der Waals surface area contributed by atoms with Gasteiger partial charge in [-0.25, -0.2) is 0 Å². The Bertz CT molecular complexity index is 803. The summed E-state index contributed by atoms with van der Waals surface area (Å²) in [6.07, 6.45) is 0.354. The number of hydrogen-bond donors (Lipinski definition) is 2. The Morgan fingerprint density at radius 2 is 1.78 bits per heavy atom. The van der Waals surface area contributed by atoms with Gasteiger partial charge in [0.1, 0.15) is 5.60 Å². The highest BCUT2D eigenvalue weighted by Crippen LogP contribution is 2.48. The summed E-state index contributed by atoms with van der Waals surface area (Å²) in [5, 5.41) is 21.3. The molecular formula is C19H17ClN2O. The summed E-state index contributed by atoms with van der Waals surface area (Å²) < 4.78 is 0. The van der Waals surface area contributed by atoms with E-state index in [0.717, 1.165) is 11.1 Å². The molecule has 1 aliphatic carbocycles. The third-order valence-corrected chi connectivity index (χ3v) is 4.76. The molecule has 2 atom stereocenters. The Labute approximate surface area is 140 Å². The molecular weight excluding hydrogens is 308 g/mol. The molecule has 0 aromatic heterocycles. The standard InChI is InChI=1S/C19H17ClN2O/c1-12-2-6-14(7-3-12)19(23)10-16(17(11-21)18(19)22)13-4-8-15(20)9-5-13/h2-9,16,23H,10,22H2,1H3/t16-,19-/m1/s1. The number of halogens is 1. The number of nitriles is 1. The monoisotopic (exact) mass is 324 g/mol. The van der Waals surface area contributed by atoms with Crippen molar-refractivity contribution >= 4 is 11.6 Å². The molecule has 2 aromatic rings. The first kappa shape index (κ1) is 15.6. The van der Waals surface area contributed by atoms with Crippen molar-refractivity contribution in [1.29, 1.82) is 5.26 Å². The van der Waals surface area contributed by atoms with Gasteiger partial charge in [0.05, 0.1) is 17.3 Å². The van der Waals surface area contributed by atoms with E-state index in [1.807, 2.05) is 43.3 Å². The van der Waals surface area contributed by atoms with Crippen molar-refractivity contribution in [3.63, 3.8) is 0 Å². The molecule has 0 radical (unpaired) electrons. The van der Waals surface area contributed by atoms with Crippen LogP contribution in [-0.4, -0.2) is 5.11 Å². The Balaban J connectivity index is 2.06. The normalized spacial score (nSPS) is 23.8. The van der Waals surface area contributed by atoms with Gasteiger partial charge in [-0.3, -0.25) is 0 Å². The van der Waals surface area contributed by atoms with Crippen LogP contribution in [-0.2, 0) is 5.60 Å². The molecule has 0 bridgehead atoms. The summed E-state index contributed by atoms with van der Waals surface area (Å²) in [6, 6.07) is 17.1. The average Bonchev–Trinajstić information content (AvgIpc) is 2.81. The van der Waals surface area contributed by atoms with E-state index in [9.17, 15) is 10.4 Å². The van der Waals surface area contributed by atoms with Gasteiger partial charge in [-0.2, -0.15) is 5.26 Å². The largest absolute Gasteiger partial charge is 0.399 e. The first-order valence-electron chi connectivity index (χ1n) is 7.41. The molecule has 116 valence electrons. The van der Waals surface area contributed by atoms with Crippen LogP contribution < -0.4 is 5.73 Å². The number of nitrogens with two attached hydrogens (primary N) is 1. The Morgan fingerprint density at radius 1 is 1.17 bits per heavy atom. The zero-order chi connectivity index (χ0) is 16.6. The molecule has 4 heteroatoms. The topological polar surface area (TPSA) is 70.0 Å². The van der Waals surface area contributed by atoms with Gasteiger partial charge in [0.2, 0.25) is 0 Å². The number of aliphatic hydroxyl groups is 1. The van der Waals surface area contributed by atoms with Crippen LogP contribution in [0.15, 0.2) is 59.8 Å². The van der Waals surface area contributed by atoms with Crippen molar-refractivity contribution < 1.29 is 5.11 Å². The van der Waals surface area contributed by atoms with Crippen molar-refractivity contribution in [1.82, 2.24) is 0 Å². The summed E-state index contributed by atoms with van der Waals surface area (Å²) >= 11 is 5.93. The number of benzene rings is 2. The van der Waals surface area contributed by atoms with Crippen LogP contribution in [0.1, 0.15) is 29.0 Å². The van der Waals surface area contributed by atoms with E-state index in [0.29, 0.717) is 22.6 Å². The molecule has 0 fully saturated rings. The minimum absolute atomic E-state index is 0.233. The van der Waals surface area contributed by atoms with Gasteiger partial charge in [-0.1, -0.05) is 53.6 Å². The predicted molar refractivity (Wildman–Crippen MR) is 90.7 cm³/mol. The van der Waals surface area contributed by atoms with E-state index in [2.05, 4.69) is 6.07 Å². The van der Waals surface area contributed by atoms with Crippen LogP contribution >= 0.6 is 11.6 Å². The second-order valence-corrected chi connectivity index (χ2v) is 6.41. The molecule has 0 saturated heterocycles. The Morgan fingerprint density at radius 3 is 2.35 bits per heavy atom. The molecule has 23 heavy (non-hydrogen) atoms. The van der Waals surface area contributed by atoms with Crippen molar-refractivity contribution in [3.05, 3.63) is 81.5 Å². The van der Waals surface area contributed by atoms with E-state index in [1.165, 1.54) is 0 Å². The Hall–Kier alpha value is -2.28. The lowest BCUT2D eigenvalue weighted by Crippen LogP contribution is -2.30. The van der Waals surface area contributed by atoms with Gasteiger partial charge in [0, 0.05) is 10.9 Å². The summed E-state index contributed by atoms with van der Waals surface area (Å²) in [6.45, 7) is 1.99. The van der Waals surface area contributed by atoms with E-state index >= 15 is 0 Å². The number of allylic oxidation sites excluding steroid dienone is 1. The van der Waals surface area contributed by atoms with Crippen molar-refractivity contribution in [2.24, 2.45) is 5.73 Å². The third kappa shape index (κ3) is 2.61. The molecule has 3 rings (SSSR count). The zero-order valence-electron chi connectivity index (χ0n) is 12.8. The van der Waals surface area contributed by atoms with Crippen LogP contribution in [0.25, 0.3) is 0 Å². The number of aryl methyl sites for hydroxylation is 1. The van der Waals surface area contributed by atoms with Crippen molar-refractivity contribution in [2.75, 3.05) is 0 Å². The predicted octanol–water partition coefficient (Wildman–Crippen LogP) is 3.76. The fourth-order valence-corrected chi connectivity index (χ4v) is 3.26. The lowest BCUT2D eigenvalue weighted by atomic mass is 9.86. The maximum atomic E-state index is 11.1. The molecule has 0 saturated carbocycles. The number of hydrogen-bond acceptors (Lipinski definition) is 3. The Kier molecular flexibility index (Phi) is 3.89. The molecule has 0 aliphatic heterocycles. The quantitative estimate of drug-likeness (QED) is 0.883. The average molecular weight is 325 g/mol. The van der Waals surface area contributed by atoms with E-state index in [-0.39, 0.29) is 11.6 Å². The lowest BCUT2D eigenvalue weighted by Gasteiger charge is -2.25. The molecule has 1 aliphatic rings. The molecule has 0 unspecified atom stereocenters. The zero-order valence-corrected chi connectivity index (χ0v) is 13.5. The maximum Gasteiger partial charge on any atom is 0.131 e. The first-order valence-corrected chi connectivity index (χ1v) is 7.78. The van der Waals surface area contributed by atoms with Gasteiger partial charge < -0.3 is 10.8 Å². The summed E-state index contributed by atoms with van der Waals surface area (Å²) in [5.74, 6) is -0.233. The molecule has 3 nitrogen and oxygen atoms in total. The highest BCUT2D eigenvalue weighted by Gasteiger charge is 2.45. The third-order valence-electron chi connectivity index (χ3n) is 4.51. The van der Waals surface area contributed by atoms with Crippen LogP contribution in [0.4, 0.5) is 0 Å². The van der Waals surface area contributed by atoms with Gasteiger partial charge in [-0.05, 0) is 36.6 Å². The van der Waals surface area contributed by atoms with Gasteiger partial charge in [0.15, 0.2) is 0 Å². The van der Waals surface area contributed by atoms with Crippen LogP contribution in [0, 0.1) is 18.3 Å². The minimum Gasteiger partial charge on any atom is -0.399 e. The smallest absolute Gasteiger partial charge is 0.131 e. The highest BCUT2D eigenvalue weighted by molar-refractivity contribution is 6.30. The SMILES string of the molecule is Cc1ccc([C@]2(O)C[C@H](c3ccc(Cl)cc3)C(C#N)=C2N)cc1. The summed E-state index contributed by atoms with van der Waals surface area (Å²) in [7, 11) is 0. The second kappa shape index (κ2) is 5.73. The molecule has 0 heterocycles. The minimum atomic E-state index is -1.32. The highest BCUT2D eigenvalue weighted by atomic mass is 35.5. The second-order valence-electron chi connectivity index (χ2n) is 5.97. The fourth-order valence-electron chi connectivity index (χ4n) is 3.14. The van der Waals surface area contributed by atoms with E-state index in [4.69, 9.17) is 17.3 Å². The first-order chi connectivity index (χ1) is 11.0. The molecule has 0 spiro atoms. The number of rotatable bonds is 2. The van der Waals surface area contributed by atoms with Gasteiger partial charge in [0.25, 0.3) is 0 Å². The molecule has 2 aromatic carbocycles. The van der Waals surface area contributed by atoms with Gasteiger partial charge >= 0.3 is 0 Å². The fraction of sp³-hybridized carbons (Fsp3) is 0.211.